The van der Waals surface area contributed by atoms with Crippen LogP contribution in [-0.4, -0.2) is 30.1 Å². The first-order chi connectivity index (χ1) is 9.47. The number of carbonyl (C=O) groups is 1. The van der Waals surface area contributed by atoms with Gasteiger partial charge in [-0.2, -0.15) is 0 Å². The van der Waals surface area contributed by atoms with Crippen LogP contribution >= 0.6 is 0 Å². The molecule has 0 radical (unpaired) electrons. The zero-order valence-electron chi connectivity index (χ0n) is 11.4. The summed E-state index contributed by atoms with van der Waals surface area (Å²) in [6.45, 7) is 0. The molecule has 1 fully saturated rings. The van der Waals surface area contributed by atoms with Crippen molar-refractivity contribution in [2.45, 2.75) is 37.8 Å². The molecule has 3 N–H and O–H groups in total. The lowest BCUT2D eigenvalue weighted by molar-refractivity contribution is 0.182. The summed E-state index contributed by atoms with van der Waals surface area (Å²) in [5, 5.41) is 2.46. The van der Waals surface area contributed by atoms with Gasteiger partial charge in [-0.25, -0.2) is 13.6 Å². The topological polar surface area (TPSA) is 58.4 Å². The van der Waals surface area contributed by atoms with Crippen LogP contribution in [0.2, 0.25) is 0 Å². The van der Waals surface area contributed by atoms with Gasteiger partial charge >= 0.3 is 6.03 Å². The van der Waals surface area contributed by atoms with E-state index in [9.17, 15) is 13.6 Å². The number of halogens is 2. The molecule has 0 bridgehead atoms. The lowest BCUT2D eigenvalue weighted by Crippen LogP contribution is -2.43. The van der Waals surface area contributed by atoms with Crippen molar-refractivity contribution in [1.82, 2.24) is 4.90 Å². The number of nitrogens with two attached hydrogens (primary N) is 1. The van der Waals surface area contributed by atoms with Crippen LogP contribution in [0.25, 0.3) is 0 Å². The largest absolute Gasteiger partial charge is 0.328 e. The van der Waals surface area contributed by atoms with Crippen molar-refractivity contribution >= 4 is 11.7 Å². The quantitative estimate of drug-likeness (QED) is 0.876. The maximum Gasteiger partial charge on any atom is 0.321 e. The second-order valence-electron chi connectivity index (χ2n) is 5.23. The SMILES string of the molecule is CN(C(=O)Nc1ccc(F)cc1F)C1CCC(N)CC1. The van der Waals surface area contributed by atoms with Crippen LogP contribution in [0.4, 0.5) is 19.3 Å². The molecule has 4 nitrogen and oxygen atoms in total. The summed E-state index contributed by atoms with van der Waals surface area (Å²) in [6, 6.07) is 2.99. The molecule has 1 saturated carbocycles. The fraction of sp³-hybridized carbons (Fsp3) is 0.500. The summed E-state index contributed by atoms with van der Waals surface area (Å²) >= 11 is 0. The van der Waals surface area contributed by atoms with Crippen LogP contribution in [0.1, 0.15) is 25.7 Å². The summed E-state index contributed by atoms with van der Waals surface area (Å²) in [7, 11) is 1.68. The summed E-state index contributed by atoms with van der Waals surface area (Å²) in [5.74, 6) is -1.45. The Balaban J connectivity index is 1.97. The Labute approximate surface area is 116 Å². The number of amides is 2. The molecule has 1 aliphatic carbocycles. The van der Waals surface area contributed by atoms with Crippen molar-refractivity contribution in [3.63, 3.8) is 0 Å². The second-order valence-corrected chi connectivity index (χ2v) is 5.23. The van der Waals surface area contributed by atoms with E-state index in [0.29, 0.717) is 0 Å². The van der Waals surface area contributed by atoms with Crippen molar-refractivity contribution in [3.8, 4) is 0 Å². The molecule has 110 valence electrons. The van der Waals surface area contributed by atoms with Crippen molar-refractivity contribution in [2.75, 3.05) is 12.4 Å². The van der Waals surface area contributed by atoms with Gasteiger partial charge in [0.1, 0.15) is 11.6 Å². The molecular formula is C14H19F2N3O. The van der Waals surface area contributed by atoms with Gasteiger partial charge in [0.2, 0.25) is 0 Å². The maximum atomic E-state index is 13.5. The minimum atomic E-state index is -0.780. The smallest absolute Gasteiger partial charge is 0.321 e. The Hall–Kier alpha value is -1.69. The summed E-state index contributed by atoms with van der Waals surface area (Å²) < 4.78 is 26.3. The molecule has 0 saturated heterocycles. The first kappa shape index (κ1) is 14.7. The molecule has 1 aliphatic rings. The minimum Gasteiger partial charge on any atom is -0.328 e. The van der Waals surface area contributed by atoms with Gasteiger partial charge in [-0.1, -0.05) is 0 Å². The number of carbonyl (C=O) groups excluding carboxylic acids is 1. The van der Waals surface area contributed by atoms with Gasteiger partial charge in [-0.05, 0) is 37.8 Å². The zero-order chi connectivity index (χ0) is 14.7. The number of hydrogen-bond donors (Lipinski definition) is 2. The van der Waals surface area contributed by atoms with E-state index >= 15 is 0 Å². The Morgan fingerprint density at radius 2 is 1.95 bits per heavy atom. The van der Waals surface area contributed by atoms with Gasteiger partial charge in [-0.15, -0.1) is 0 Å². The normalized spacial score (nSPS) is 22.4. The molecule has 0 atom stereocenters. The van der Waals surface area contributed by atoms with Crippen molar-refractivity contribution < 1.29 is 13.6 Å². The highest BCUT2D eigenvalue weighted by Crippen LogP contribution is 2.22. The van der Waals surface area contributed by atoms with Crippen LogP contribution in [0, 0.1) is 11.6 Å². The Kier molecular flexibility index (Phi) is 4.54. The molecule has 2 amide bonds. The molecule has 20 heavy (non-hydrogen) atoms. The molecule has 0 heterocycles. The van der Waals surface area contributed by atoms with E-state index in [1.54, 1.807) is 11.9 Å². The Bertz CT molecular complexity index is 487. The molecular weight excluding hydrogens is 264 g/mol. The predicted octanol–water partition coefficient (Wildman–Crippen LogP) is 2.70. The van der Waals surface area contributed by atoms with E-state index in [-0.39, 0.29) is 17.8 Å². The van der Waals surface area contributed by atoms with Gasteiger partial charge in [0.05, 0.1) is 5.69 Å². The van der Waals surface area contributed by atoms with Gasteiger partial charge in [0, 0.05) is 25.2 Å². The summed E-state index contributed by atoms with van der Waals surface area (Å²) in [6.07, 6.45) is 3.45. The summed E-state index contributed by atoms with van der Waals surface area (Å²) in [5.41, 5.74) is 5.81. The van der Waals surface area contributed by atoms with Crippen LogP contribution in [-0.2, 0) is 0 Å². The first-order valence-electron chi connectivity index (χ1n) is 6.72. The van der Waals surface area contributed by atoms with E-state index in [1.165, 1.54) is 6.07 Å². The van der Waals surface area contributed by atoms with Gasteiger partial charge in [0.15, 0.2) is 0 Å². The molecule has 0 aromatic heterocycles. The van der Waals surface area contributed by atoms with Gasteiger partial charge < -0.3 is 16.0 Å². The van der Waals surface area contributed by atoms with E-state index in [0.717, 1.165) is 37.8 Å². The number of nitrogens with zero attached hydrogens (tertiary/aromatic N) is 1. The molecule has 6 heteroatoms. The maximum absolute atomic E-state index is 13.5. The predicted molar refractivity (Wildman–Crippen MR) is 73.4 cm³/mol. The number of anilines is 1. The summed E-state index contributed by atoms with van der Waals surface area (Å²) in [4.78, 5) is 13.6. The molecule has 2 rings (SSSR count). The van der Waals surface area contributed by atoms with Gasteiger partial charge in [0.25, 0.3) is 0 Å². The van der Waals surface area contributed by atoms with Crippen LogP contribution in [0.5, 0.6) is 0 Å². The van der Waals surface area contributed by atoms with E-state index in [1.807, 2.05) is 0 Å². The molecule has 0 unspecified atom stereocenters. The second kappa shape index (κ2) is 6.17. The lowest BCUT2D eigenvalue weighted by atomic mass is 9.91. The third-order valence-electron chi connectivity index (χ3n) is 3.78. The molecule has 0 aliphatic heterocycles. The molecule has 1 aromatic carbocycles. The van der Waals surface area contributed by atoms with Crippen LogP contribution in [0.15, 0.2) is 18.2 Å². The minimum absolute atomic E-state index is 0.0178. The molecule has 1 aromatic rings. The third kappa shape index (κ3) is 3.45. The average molecular weight is 283 g/mol. The highest BCUT2D eigenvalue weighted by Gasteiger charge is 2.25. The number of nitrogens with one attached hydrogen (secondary N) is 1. The Morgan fingerprint density at radius 1 is 1.30 bits per heavy atom. The third-order valence-corrected chi connectivity index (χ3v) is 3.78. The van der Waals surface area contributed by atoms with Crippen LogP contribution in [0.3, 0.4) is 0 Å². The van der Waals surface area contributed by atoms with E-state index in [2.05, 4.69) is 5.32 Å². The fourth-order valence-electron chi connectivity index (χ4n) is 2.45. The highest BCUT2D eigenvalue weighted by atomic mass is 19.1. The van der Waals surface area contributed by atoms with E-state index in [4.69, 9.17) is 5.73 Å². The Morgan fingerprint density at radius 3 is 2.55 bits per heavy atom. The van der Waals surface area contributed by atoms with E-state index < -0.39 is 17.7 Å². The fourth-order valence-corrected chi connectivity index (χ4v) is 2.45. The lowest BCUT2D eigenvalue weighted by Gasteiger charge is -2.33. The number of rotatable bonds is 2. The number of hydrogen-bond acceptors (Lipinski definition) is 2. The first-order valence-corrected chi connectivity index (χ1v) is 6.72. The molecule has 0 spiro atoms. The van der Waals surface area contributed by atoms with Gasteiger partial charge in [-0.3, -0.25) is 0 Å². The van der Waals surface area contributed by atoms with Crippen molar-refractivity contribution in [1.29, 1.82) is 0 Å². The number of urea groups is 1. The van der Waals surface area contributed by atoms with Crippen molar-refractivity contribution in [2.24, 2.45) is 5.73 Å². The highest BCUT2D eigenvalue weighted by molar-refractivity contribution is 5.89. The number of benzene rings is 1. The monoisotopic (exact) mass is 283 g/mol. The average Bonchev–Trinajstić information content (AvgIpc) is 2.42. The zero-order valence-corrected chi connectivity index (χ0v) is 11.4. The standard InChI is InChI=1S/C14H19F2N3O/c1-19(11-5-3-10(17)4-6-11)14(20)18-13-7-2-9(15)8-12(13)16/h2,7-8,10-11H,3-6,17H2,1H3,(H,18,20). The van der Waals surface area contributed by atoms with Crippen LogP contribution < -0.4 is 11.1 Å². The van der Waals surface area contributed by atoms with Crippen molar-refractivity contribution in [3.05, 3.63) is 29.8 Å².